The Morgan fingerprint density at radius 1 is 0.568 bits per heavy atom. The third-order valence-corrected chi connectivity index (χ3v) is 13.4. The van der Waals surface area contributed by atoms with Crippen LogP contribution >= 0.6 is 15.2 Å². The number of benzene rings is 6. The van der Waals surface area contributed by atoms with Crippen LogP contribution in [0, 0.1) is 0 Å². The molecule has 5 heteroatoms. The molecular weight excluding hydrogens is 576 g/mol. The Morgan fingerprint density at radius 3 is 1.68 bits per heavy atom. The maximum atomic E-state index is 16.0. The van der Waals surface area contributed by atoms with Gasteiger partial charge in [-0.3, -0.25) is 4.57 Å². The average molecular weight is 612 g/mol. The lowest BCUT2D eigenvalue weighted by Gasteiger charge is -2.34. The van der Waals surface area contributed by atoms with Gasteiger partial charge in [0.25, 0.3) is 0 Å². The van der Waals surface area contributed by atoms with Gasteiger partial charge in [-0.25, -0.2) is 4.67 Å². The number of hydrogen-bond acceptors (Lipinski definition) is 2. The lowest BCUT2D eigenvalue weighted by atomic mass is 10.2. The van der Waals surface area contributed by atoms with E-state index in [0.717, 1.165) is 16.4 Å². The highest BCUT2D eigenvalue weighted by Gasteiger charge is 2.38. The van der Waals surface area contributed by atoms with Crippen LogP contribution in [0.15, 0.2) is 170 Å². The summed E-state index contributed by atoms with van der Waals surface area (Å²) >= 11 is 0. The number of hydrogen-bond donors (Lipinski definition) is 0. The van der Waals surface area contributed by atoms with E-state index < -0.39 is 15.2 Å². The van der Waals surface area contributed by atoms with Crippen LogP contribution in [0.5, 0.6) is 5.75 Å². The summed E-state index contributed by atoms with van der Waals surface area (Å²) < 4.78 is 24.0. The number of rotatable bonds is 11. The molecule has 0 saturated carbocycles. The second kappa shape index (κ2) is 14.0. The zero-order chi connectivity index (χ0) is 30.2. The molecule has 0 bridgehead atoms. The summed E-state index contributed by atoms with van der Waals surface area (Å²) in [5.41, 5.74) is 2.26. The Morgan fingerprint density at radius 2 is 1.07 bits per heavy atom. The quantitative estimate of drug-likeness (QED) is 0.143. The molecule has 0 N–H and O–H groups in total. The van der Waals surface area contributed by atoms with Crippen molar-refractivity contribution in [2.45, 2.75) is 13.1 Å². The van der Waals surface area contributed by atoms with Crippen molar-refractivity contribution in [3.8, 4) is 5.75 Å². The van der Waals surface area contributed by atoms with Crippen LogP contribution in [0.4, 0.5) is 0 Å². The Hall–Kier alpha value is -4.26. The van der Waals surface area contributed by atoms with Gasteiger partial charge in [0.15, 0.2) is 0 Å². The molecular formula is C39H35NO2P2. The maximum absolute atomic E-state index is 16.0. The van der Waals surface area contributed by atoms with E-state index in [-0.39, 0.29) is 0 Å². The number of ether oxygens (including phenoxy) is 1. The predicted octanol–water partition coefficient (Wildman–Crippen LogP) is 7.38. The van der Waals surface area contributed by atoms with Crippen molar-refractivity contribution in [2.24, 2.45) is 0 Å². The molecule has 44 heavy (non-hydrogen) atoms. The maximum Gasteiger partial charge on any atom is 0.211 e. The van der Waals surface area contributed by atoms with E-state index in [0.29, 0.717) is 24.1 Å². The molecule has 0 unspecified atom stereocenters. The van der Waals surface area contributed by atoms with Gasteiger partial charge in [-0.05, 0) is 59.2 Å². The molecule has 0 aliphatic rings. The van der Waals surface area contributed by atoms with Gasteiger partial charge in [0, 0.05) is 18.4 Å². The molecule has 0 aromatic heterocycles. The third kappa shape index (κ3) is 6.33. The van der Waals surface area contributed by atoms with E-state index in [1.165, 1.54) is 15.9 Å². The van der Waals surface area contributed by atoms with Crippen molar-refractivity contribution in [1.29, 1.82) is 0 Å². The highest BCUT2D eigenvalue weighted by atomic mass is 31.2. The first-order chi connectivity index (χ1) is 21.7. The fourth-order valence-electron chi connectivity index (χ4n) is 5.65. The highest BCUT2D eigenvalue weighted by Crippen LogP contribution is 2.51. The van der Waals surface area contributed by atoms with Crippen LogP contribution in [0.25, 0.3) is 0 Å². The molecule has 1 atom stereocenters. The average Bonchev–Trinajstić information content (AvgIpc) is 3.10. The molecule has 0 fully saturated rings. The van der Waals surface area contributed by atoms with Gasteiger partial charge in [0.1, 0.15) is 5.75 Å². The highest BCUT2D eigenvalue weighted by molar-refractivity contribution is 7.80. The second-order valence-electron chi connectivity index (χ2n) is 10.5. The molecule has 0 amide bonds. The normalized spacial score (nSPS) is 12.6. The Bertz CT molecular complexity index is 1790. The third-order valence-electron chi connectivity index (χ3n) is 7.74. The van der Waals surface area contributed by atoms with Gasteiger partial charge in [0.2, 0.25) is 7.29 Å². The minimum absolute atomic E-state index is 0.494. The largest absolute Gasteiger partial charge is 0.496 e. The standard InChI is InChI=1S/C39H35NO2P2/c1-42-37-27-15-17-29-39(37)44(41,36-25-12-5-13-26-36)40(30-32-18-6-2-7-19-32)31-33-20-14-16-28-38(33)43(34-21-8-3-9-22-34)35-23-10-4-11-24-35/h2-29H,30-31H2,1H3/t44-/m0/s1. The Labute approximate surface area is 262 Å². The van der Waals surface area contributed by atoms with Crippen molar-refractivity contribution in [2.75, 3.05) is 7.11 Å². The first-order valence-electron chi connectivity index (χ1n) is 14.7. The van der Waals surface area contributed by atoms with E-state index in [4.69, 9.17) is 4.74 Å². The summed E-state index contributed by atoms with van der Waals surface area (Å²) in [6.07, 6.45) is 0. The number of para-hydroxylation sites is 1. The molecule has 218 valence electrons. The molecule has 0 aliphatic carbocycles. The van der Waals surface area contributed by atoms with E-state index >= 15 is 4.57 Å². The first-order valence-corrected chi connectivity index (χ1v) is 17.8. The van der Waals surface area contributed by atoms with Gasteiger partial charge < -0.3 is 4.74 Å². The van der Waals surface area contributed by atoms with E-state index in [1.54, 1.807) is 7.11 Å². The molecule has 0 spiro atoms. The SMILES string of the molecule is COc1ccccc1[P@@](=O)(c1ccccc1)N(Cc1ccccc1)Cc1ccccc1P(c1ccccc1)c1ccccc1. The summed E-state index contributed by atoms with van der Waals surface area (Å²) in [7, 11) is -2.60. The lowest BCUT2D eigenvalue weighted by molar-refractivity contribution is 0.404. The van der Waals surface area contributed by atoms with E-state index in [1.807, 2.05) is 72.8 Å². The summed E-state index contributed by atoms with van der Waals surface area (Å²) in [4.78, 5) is 0. The topological polar surface area (TPSA) is 29.5 Å². The lowest BCUT2D eigenvalue weighted by Crippen LogP contribution is -2.34. The molecule has 6 aromatic rings. The fourth-order valence-corrected chi connectivity index (χ4v) is 11.1. The summed E-state index contributed by atoms with van der Waals surface area (Å²) in [5, 5.41) is 5.32. The minimum Gasteiger partial charge on any atom is -0.496 e. The molecule has 6 aromatic carbocycles. The van der Waals surface area contributed by atoms with Crippen LogP contribution in [-0.2, 0) is 17.7 Å². The molecule has 0 aliphatic heterocycles. The van der Waals surface area contributed by atoms with Crippen LogP contribution < -0.4 is 31.3 Å². The minimum atomic E-state index is -3.40. The van der Waals surface area contributed by atoms with Gasteiger partial charge in [0.05, 0.1) is 12.4 Å². The van der Waals surface area contributed by atoms with E-state index in [9.17, 15) is 0 Å². The summed E-state index contributed by atoms with van der Waals surface area (Å²) in [6, 6.07) is 58.1. The van der Waals surface area contributed by atoms with Gasteiger partial charge in [-0.1, -0.05) is 146 Å². The monoisotopic (exact) mass is 611 g/mol. The summed E-state index contributed by atoms with van der Waals surface area (Å²) in [6.45, 7) is 1.00. The molecule has 0 radical (unpaired) electrons. The molecule has 0 heterocycles. The van der Waals surface area contributed by atoms with Crippen molar-refractivity contribution >= 4 is 41.7 Å². The van der Waals surface area contributed by atoms with Crippen molar-refractivity contribution < 1.29 is 9.30 Å². The zero-order valence-electron chi connectivity index (χ0n) is 24.7. The first kappa shape index (κ1) is 29.8. The van der Waals surface area contributed by atoms with Crippen molar-refractivity contribution in [3.05, 3.63) is 181 Å². The molecule has 0 saturated heterocycles. The number of methoxy groups -OCH3 is 1. The summed E-state index contributed by atoms with van der Waals surface area (Å²) in [5.74, 6) is 0.627. The van der Waals surface area contributed by atoms with E-state index in [2.05, 4.69) is 102 Å². The zero-order valence-corrected chi connectivity index (χ0v) is 26.5. The van der Waals surface area contributed by atoms with Crippen LogP contribution in [0.2, 0.25) is 0 Å². The van der Waals surface area contributed by atoms with Gasteiger partial charge >= 0.3 is 0 Å². The van der Waals surface area contributed by atoms with Crippen LogP contribution in [0.3, 0.4) is 0 Å². The van der Waals surface area contributed by atoms with Crippen LogP contribution in [-0.4, -0.2) is 11.8 Å². The van der Waals surface area contributed by atoms with Gasteiger partial charge in [-0.15, -0.1) is 0 Å². The smallest absolute Gasteiger partial charge is 0.211 e. The number of nitrogens with zero attached hydrogens (tertiary/aromatic N) is 1. The molecule has 3 nitrogen and oxygen atoms in total. The van der Waals surface area contributed by atoms with Gasteiger partial charge in [-0.2, -0.15) is 0 Å². The Kier molecular flexibility index (Phi) is 9.49. The van der Waals surface area contributed by atoms with Crippen molar-refractivity contribution in [3.63, 3.8) is 0 Å². The fraction of sp³-hybridized carbons (Fsp3) is 0.0769. The predicted molar refractivity (Wildman–Crippen MR) is 187 cm³/mol. The molecule has 6 rings (SSSR count). The van der Waals surface area contributed by atoms with Crippen molar-refractivity contribution in [1.82, 2.24) is 4.67 Å². The Balaban J connectivity index is 1.54. The van der Waals surface area contributed by atoms with Crippen LogP contribution in [0.1, 0.15) is 11.1 Å². The second-order valence-corrected chi connectivity index (χ2v) is 15.4.